The van der Waals surface area contributed by atoms with Crippen LogP contribution in [-0.2, 0) is 18.4 Å². The molecule has 0 spiro atoms. The van der Waals surface area contributed by atoms with Crippen LogP contribution in [0.3, 0.4) is 0 Å². The van der Waals surface area contributed by atoms with Crippen molar-refractivity contribution < 1.29 is 4.79 Å². The molecule has 7 heteroatoms. The maximum absolute atomic E-state index is 11.7. The van der Waals surface area contributed by atoms with Crippen molar-refractivity contribution in [1.29, 1.82) is 0 Å². The van der Waals surface area contributed by atoms with Crippen molar-refractivity contribution >= 4 is 11.6 Å². The number of amides is 1. The smallest absolute Gasteiger partial charge is 0.330 e. The van der Waals surface area contributed by atoms with E-state index < -0.39 is 11.2 Å². The zero-order valence-corrected chi connectivity index (χ0v) is 10.1. The predicted molar refractivity (Wildman–Crippen MR) is 63.7 cm³/mol. The molecule has 0 atom stereocenters. The summed E-state index contributed by atoms with van der Waals surface area (Å²) in [5, 5.41) is 0. The van der Waals surface area contributed by atoms with Gasteiger partial charge >= 0.3 is 5.69 Å². The van der Waals surface area contributed by atoms with Gasteiger partial charge in [0.15, 0.2) is 0 Å². The Kier molecular flexibility index (Phi) is 3.72. The molecule has 1 aromatic rings. The molecule has 0 aliphatic heterocycles. The van der Waals surface area contributed by atoms with E-state index in [-0.39, 0.29) is 24.6 Å². The first kappa shape index (κ1) is 13.0. The van der Waals surface area contributed by atoms with Gasteiger partial charge in [-0.15, -0.1) is 0 Å². The average molecular weight is 240 g/mol. The SMILES string of the molecule is CN(C)C(=O)CCn1c(=O)c(N)cn(C)c1=O. The van der Waals surface area contributed by atoms with Gasteiger partial charge in [0.25, 0.3) is 5.56 Å². The lowest BCUT2D eigenvalue weighted by atomic mass is 10.3. The molecule has 17 heavy (non-hydrogen) atoms. The van der Waals surface area contributed by atoms with E-state index in [1.165, 1.54) is 22.7 Å². The first-order chi connectivity index (χ1) is 7.84. The topological polar surface area (TPSA) is 90.3 Å². The summed E-state index contributed by atoms with van der Waals surface area (Å²) < 4.78 is 2.19. The monoisotopic (exact) mass is 240 g/mol. The van der Waals surface area contributed by atoms with Crippen molar-refractivity contribution in [3.05, 3.63) is 27.0 Å². The lowest BCUT2D eigenvalue weighted by molar-refractivity contribution is -0.128. The Labute approximate surface area is 98.1 Å². The van der Waals surface area contributed by atoms with Crippen LogP contribution in [0, 0.1) is 0 Å². The Hall–Kier alpha value is -2.05. The number of hydrogen-bond donors (Lipinski definition) is 1. The maximum atomic E-state index is 11.7. The fourth-order valence-electron chi connectivity index (χ4n) is 1.38. The van der Waals surface area contributed by atoms with Crippen LogP contribution in [0.25, 0.3) is 0 Å². The van der Waals surface area contributed by atoms with Gasteiger partial charge in [0.2, 0.25) is 5.91 Å². The van der Waals surface area contributed by atoms with Gasteiger partial charge < -0.3 is 15.2 Å². The summed E-state index contributed by atoms with van der Waals surface area (Å²) in [6.45, 7) is 0.0353. The third-order valence-electron chi connectivity index (χ3n) is 2.41. The molecule has 1 heterocycles. The van der Waals surface area contributed by atoms with Crippen molar-refractivity contribution in [1.82, 2.24) is 14.0 Å². The number of aryl methyl sites for hydroxylation is 1. The summed E-state index contributed by atoms with van der Waals surface area (Å²) in [7, 11) is 4.73. The van der Waals surface area contributed by atoms with E-state index in [1.54, 1.807) is 14.1 Å². The molecule has 0 aliphatic rings. The number of hydrogen-bond acceptors (Lipinski definition) is 4. The second-order valence-electron chi connectivity index (χ2n) is 3.97. The van der Waals surface area contributed by atoms with Crippen LogP contribution in [-0.4, -0.2) is 34.0 Å². The van der Waals surface area contributed by atoms with E-state index in [9.17, 15) is 14.4 Å². The third-order valence-corrected chi connectivity index (χ3v) is 2.41. The first-order valence-electron chi connectivity index (χ1n) is 5.10. The van der Waals surface area contributed by atoms with Gasteiger partial charge in [-0.05, 0) is 0 Å². The molecule has 0 saturated carbocycles. The number of nitrogen functional groups attached to an aromatic ring is 1. The minimum absolute atomic E-state index is 0.00981. The Morgan fingerprint density at radius 3 is 2.53 bits per heavy atom. The van der Waals surface area contributed by atoms with E-state index >= 15 is 0 Å². The van der Waals surface area contributed by atoms with E-state index in [4.69, 9.17) is 5.73 Å². The lowest BCUT2D eigenvalue weighted by Crippen LogP contribution is -2.40. The first-order valence-corrected chi connectivity index (χ1v) is 5.10. The molecule has 1 amide bonds. The number of anilines is 1. The normalized spacial score (nSPS) is 10.3. The highest BCUT2D eigenvalue weighted by Crippen LogP contribution is 1.92. The zero-order valence-electron chi connectivity index (χ0n) is 10.1. The second kappa shape index (κ2) is 4.86. The third kappa shape index (κ3) is 2.74. The molecule has 7 nitrogen and oxygen atoms in total. The van der Waals surface area contributed by atoms with E-state index in [0.29, 0.717) is 0 Å². The van der Waals surface area contributed by atoms with Gasteiger partial charge in [-0.3, -0.25) is 14.2 Å². The van der Waals surface area contributed by atoms with E-state index in [2.05, 4.69) is 0 Å². The molecule has 0 aliphatic carbocycles. The Morgan fingerprint density at radius 1 is 1.41 bits per heavy atom. The molecule has 0 unspecified atom stereocenters. The highest BCUT2D eigenvalue weighted by Gasteiger charge is 2.10. The van der Waals surface area contributed by atoms with Gasteiger partial charge in [0.05, 0.1) is 0 Å². The van der Waals surface area contributed by atoms with Crippen LogP contribution in [0.1, 0.15) is 6.42 Å². The zero-order chi connectivity index (χ0) is 13.2. The van der Waals surface area contributed by atoms with Crippen LogP contribution < -0.4 is 17.0 Å². The highest BCUT2D eigenvalue weighted by atomic mass is 16.2. The highest BCUT2D eigenvalue weighted by molar-refractivity contribution is 5.75. The van der Waals surface area contributed by atoms with E-state index in [1.807, 2.05) is 0 Å². The lowest BCUT2D eigenvalue weighted by Gasteiger charge is -2.11. The summed E-state index contributed by atoms with van der Waals surface area (Å²) >= 11 is 0. The molecular weight excluding hydrogens is 224 g/mol. The molecule has 2 N–H and O–H groups in total. The van der Waals surface area contributed by atoms with Gasteiger partial charge in [-0.25, -0.2) is 4.79 Å². The number of rotatable bonds is 3. The molecule has 1 aromatic heterocycles. The Balaban J connectivity index is 3.04. The summed E-state index contributed by atoms with van der Waals surface area (Å²) in [4.78, 5) is 36.1. The Bertz CT molecular complexity index is 507. The van der Waals surface area contributed by atoms with Crippen LogP contribution in [0.2, 0.25) is 0 Å². The molecule has 0 fully saturated rings. The fraction of sp³-hybridized carbons (Fsp3) is 0.500. The molecule has 0 saturated heterocycles. The fourth-order valence-corrected chi connectivity index (χ4v) is 1.38. The van der Waals surface area contributed by atoms with Crippen molar-refractivity contribution in [3.63, 3.8) is 0 Å². The second-order valence-corrected chi connectivity index (χ2v) is 3.97. The van der Waals surface area contributed by atoms with Crippen LogP contribution >= 0.6 is 0 Å². The molecule has 1 rings (SSSR count). The van der Waals surface area contributed by atoms with Crippen LogP contribution in [0.15, 0.2) is 15.8 Å². The number of aromatic nitrogens is 2. The standard InChI is InChI=1S/C10H16N4O3/c1-12(2)8(15)4-5-14-9(16)7(11)6-13(3)10(14)17/h6H,4-5,11H2,1-3H3. The molecule has 0 bridgehead atoms. The molecule has 0 aromatic carbocycles. The summed E-state index contributed by atoms with van der Waals surface area (Å²) in [5.41, 5.74) is 4.43. The van der Waals surface area contributed by atoms with Crippen molar-refractivity contribution in [3.8, 4) is 0 Å². The summed E-state index contributed by atoms with van der Waals surface area (Å²) in [5.74, 6) is -0.152. The average Bonchev–Trinajstić information content (AvgIpc) is 2.26. The van der Waals surface area contributed by atoms with Crippen molar-refractivity contribution in [2.75, 3.05) is 19.8 Å². The molecule has 0 radical (unpaired) electrons. The van der Waals surface area contributed by atoms with Gasteiger partial charge in [-0.1, -0.05) is 0 Å². The van der Waals surface area contributed by atoms with Gasteiger partial charge in [-0.2, -0.15) is 0 Å². The number of nitrogens with two attached hydrogens (primary N) is 1. The van der Waals surface area contributed by atoms with Gasteiger partial charge in [0.1, 0.15) is 5.69 Å². The number of carbonyl (C=O) groups is 1. The Morgan fingerprint density at radius 2 is 2.00 bits per heavy atom. The quantitative estimate of drug-likeness (QED) is 0.704. The van der Waals surface area contributed by atoms with Gasteiger partial charge in [0, 0.05) is 40.3 Å². The summed E-state index contributed by atoms with van der Waals surface area (Å²) in [6.07, 6.45) is 1.36. The van der Waals surface area contributed by atoms with E-state index in [0.717, 1.165) is 4.57 Å². The predicted octanol–water partition coefficient (Wildman–Crippen LogP) is -1.39. The van der Waals surface area contributed by atoms with Crippen molar-refractivity contribution in [2.24, 2.45) is 7.05 Å². The summed E-state index contributed by atoms with van der Waals surface area (Å²) in [6, 6.07) is 0. The minimum atomic E-state index is -0.556. The maximum Gasteiger partial charge on any atom is 0.330 e. The largest absolute Gasteiger partial charge is 0.393 e. The molecule has 94 valence electrons. The van der Waals surface area contributed by atoms with Crippen LogP contribution in [0.5, 0.6) is 0 Å². The van der Waals surface area contributed by atoms with Crippen LogP contribution in [0.4, 0.5) is 5.69 Å². The molecular formula is C10H16N4O3. The van der Waals surface area contributed by atoms with Crippen molar-refractivity contribution in [2.45, 2.75) is 13.0 Å². The number of nitrogens with zero attached hydrogens (tertiary/aromatic N) is 3. The number of carbonyl (C=O) groups excluding carboxylic acids is 1. The minimum Gasteiger partial charge on any atom is -0.393 e.